The smallest absolute Gasteiger partial charge is 0.214 e. The molecule has 9 heteroatoms. The average molecular weight is 353 g/mol. The van der Waals surface area contributed by atoms with Crippen molar-refractivity contribution in [3.8, 4) is 0 Å². The molecule has 8 nitrogen and oxygen atoms in total. The molecule has 0 aliphatic heterocycles. The number of rotatable bonds is 5. The van der Waals surface area contributed by atoms with E-state index in [1.165, 1.54) is 13.4 Å². The number of hydrogen-bond acceptors (Lipinski definition) is 6. The first kappa shape index (κ1) is 17.1. The summed E-state index contributed by atoms with van der Waals surface area (Å²) in [5, 5.41) is 9.93. The van der Waals surface area contributed by atoms with Crippen molar-refractivity contribution in [2.24, 2.45) is 0 Å². The number of sulfonamides is 1. The lowest BCUT2D eigenvalue weighted by molar-refractivity contribution is 0.215. The van der Waals surface area contributed by atoms with E-state index in [1.54, 1.807) is 10.8 Å². The fraction of sp³-hybridized carbons (Fsp3) is 0.600. The van der Waals surface area contributed by atoms with Gasteiger partial charge in [-0.05, 0) is 38.8 Å². The Morgan fingerprint density at radius 3 is 2.67 bits per heavy atom. The largest absolute Gasteiger partial charge is 0.376 e. The van der Waals surface area contributed by atoms with E-state index in [-0.39, 0.29) is 18.0 Å². The van der Waals surface area contributed by atoms with Gasteiger partial charge in [-0.2, -0.15) is 0 Å². The van der Waals surface area contributed by atoms with Crippen LogP contribution in [0.25, 0.3) is 11.0 Å². The normalized spacial score (nSPS) is 22.0. The molecule has 0 saturated heterocycles. The summed E-state index contributed by atoms with van der Waals surface area (Å²) in [5.41, 5.74) is 0.695. The summed E-state index contributed by atoms with van der Waals surface area (Å²) in [7, 11) is 0.256. The highest BCUT2D eigenvalue weighted by Crippen LogP contribution is 2.31. The van der Waals surface area contributed by atoms with Gasteiger partial charge in [0.1, 0.15) is 24.5 Å². The number of hydrogen-bond donors (Lipinski definition) is 2. The molecule has 2 aromatic rings. The summed E-state index contributed by atoms with van der Waals surface area (Å²) < 4.78 is 28.0. The van der Waals surface area contributed by atoms with Crippen LogP contribution in [0.2, 0.25) is 0 Å². The molecular weight excluding hydrogens is 330 g/mol. The van der Waals surface area contributed by atoms with Gasteiger partial charge in [-0.1, -0.05) is 0 Å². The Labute approximate surface area is 141 Å². The number of aliphatic hydroxyl groups is 1. The Morgan fingerprint density at radius 2 is 2.04 bits per heavy atom. The molecule has 1 aliphatic carbocycles. The van der Waals surface area contributed by atoms with Crippen molar-refractivity contribution in [2.45, 2.75) is 43.7 Å². The summed E-state index contributed by atoms with van der Waals surface area (Å²) in [5.74, 6) is 0.812. The molecule has 2 aromatic heterocycles. The van der Waals surface area contributed by atoms with E-state index in [0.29, 0.717) is 18.5 Å². The van der Waals surface area contributed by atoms with Gasteiger partial charge in [0, 0.05) is 19.3 Å². The van der Waals surface area contributed by atoms with E-state index in [1.807, 2.05) is 13.1 Å². The van der Waals surface area contributed by atoms with E-state index >= 15 is 0 Å². The molecule has 1 fully saturated rings. The second-order valence-corrected chi connectivity index (χ2v) is 8.32. The molecule has 2 heterocycles. The zero-order chi connectivity index (χ0) is 17.3. The Balaban J connectivity index is 1.79. The molecule has 2 N–H and O–H groups in total. The molecule has 3 rings (SSSR count). The summed E-state index contributed by atoms with van der Waals surface area (Å²) in [6.45, 7) is -0.128. The van der Waals surface area contributed by atoms with Gasteiger partial charge in [0.05, 0.1) is 10.6 Å². The monoisotopic (exact) mass is 353 g/mol. The fourth-order valence-electron chi connectivity index (χ4n) is 3.47. The zero-order valence-corrected chi connectivity index (χ0v) is 14.7. The molecule has 1 saturated carbocycles. The SMILES string of the molecule is CNS(=O)(=O)C1CCC(N(C)c2ncnc3c2ccn3CO)CC1. The van der Waals surface area contributed by atoms with Crippen LogP contribution in [0, 0.1) is 0 Å². The van der Waals surface area contributed by atoms with Crippen molar-refractivity contribution in [2.75, 3.05) is 19.0 Å². The Bertz CT molecular complexity index is 812. The van der Waals surface area contributed by atoms with Crippen LogP contribution in [-0.2, 0) is 16.8 Å². The molecule has 0 unspecified atom stereocenters. The highest BCUT2D eigenvalue weighted by atomic mass is 32.2. The Kier molecular flexibility index (Phi) is 4.75. The van der Waals surface area contributed by atoms with E-state index < -0.39 is 10.0 Å². The summed E-state index contributed by atoms with van der Waals surface area (Å²) in [6.07, 6.45) is 6.17. The van der Waals surface area contributed by atoms with E-state index in [0.717, 1.165) is 24.0 Å². The van der Waals surface area contributed by atoms with Gasteiger partial charge in [-0.25, -0.2) is 23.1 Å². The highest BCUT2D eigenvalue weighted by Gasteiger charge is 2.32. The Morgan fingerprint density at radius 1 is 1.33 bits per heavy atom. The van der Waals surface area contributed by atoms with Gasteiger partial charge in [0.15, 0.2) is 0 Å². The van der Waals surface area contributed by atoms with Gasteiger partial charge >= 0.3 is 0 Å². The van der Waals surface area contributed by atoms with Crippen molar-refractivity contribution in [3.05, 3.63) is 18.6 Å². The predicted octanol–water partition coefficient (Wildman–Crippen LogP) is 0.678. The maximum absolute atomic E-state index is 11.9. The lowest BCUT2D eigenvalue weighted by Crippen LogP contribution is -2.41. The van der Waals surface area contributed by atoms with Crippen LogP contribution in [0.4, 0.5) is 5.82 Å². The standard InChI is InChI=1S/C15H23N5O3S/c1-16-24(22,23)12-5-3-11(4-6-12)19(2)14-13-7-8-20(10-21)15(13)18-9-17-14/h7-9,11-12,16,21H,3-6,10H2,1-2H3. The maximum Gasteiger partial charge on any atom is 0.214 e. The number of nitrogens with one attached hydrogen (secondary N) is 1. The number of aliphatic hydroxyl groups excluding tert-OH is 1. The first-order valence-electron chi connectivity index (χ1n) is 8.04. The minimum absolute atomic E-state index is 0.128. The van der Waals surface area contributed by atoms with E-state index in [4.69, 9.17) is 0 Å². The summed E-state index contributed by atoms with van der Waals surface area (Å²) >= 11 is 0. The van der Waals surface area contributed by atoms with Gasteiger partial charge < -0.3 is 14.6 Å². The van der Waals surface area contributed by atoms with Gasteiger partial charge in [0.25, 0.3) is 0 Å². The summed E-state index contributed by atoms with van der Waals surface area (Å²) in [6, 6.07) is 2.14. The third-order valence-electron chi connectivity index (χ3n) is 4.94. The second kappa shape index (κ2) is 6.66. The quantitative estimate of drug-likeness (QED) is 0.820. The molecule has 1 aliphatic rings. The molecule has 0 spiro atoms. The van der Waals surface area contributed by atoms with Crippen molar-refractivity contribution in [1.82, 2.24) is 19.3 Å². The molecule has 0 radical (unpaired) electrons. The van der Waals surface area contributed by atoms with Crippen molar-refractivity contribution < 1.29 is 13.5 Å². The Hall–Kier alpha value is -1.71. The molecule has 0 amide bonds. The minimum Gasteiger partial charge on any atom is -0.376 e. The van der Waals surface area contributed by atoms with Crippen molar-refractivity contribution >= 4 is 26.9 Å². The van der Waals surface area contributed by atoms with Gasteiger partial charge in [0.2, 0.25) is 10.0 Å². The molecule has 0 atom stereocenters. The van der Waals surface area contributed by atoms with E-state index in [9.17, 15) is 13.5 Å². The molecule has 0 aromatic carbocycles. The van der Waals surface area contributed by atoms with Crippen LogP contribution >= 0.6 is 0 Å². The highest BCUT2D eigenvalue weighted by molar-refractivity contribution is 7.90. The first-order chi connectivity index (χ1) is 11.5. The lowest BCUT2D eigenvalue weighted by Gasteiger charge is -2.35. The number of aromatic nitrogens is 3. The predicted molar refractivity (Wildman–Crippen MR) is 92.2 cm³/mol. The minimum atomic E-state index is -3.19. The van der Waals surface area contributed by atoms with Crippen LogP contribution in [0.3, 0.4) is 0 Å². The average Bonchev–Trinajstić information content (AvgIpc) is 3.04. The van der Waals surface area contributed by atoms with Crippen molar-refractivity contribution in [3.63, 3.8) is 0 Å². The van der Waals surface area contributed by atoms with Crippen LogP contribution in [-0.4, -0.2) is 53.4 Å². The number of fused-ring (bicyclic) bond motifs is 1. The third kappa shape index (κ3) is 2.99. The topological polar surface area (TPSA) is 100 Å². The number of anilines is 1. The second-order valence-electron chi connectivity index (χ2n) is 6.15. The number of nitrogens with zero attached hydrogens (tertiary/aromatic N) is 4. The molecule has 0 bridgehead atoms. The first-order valence-corrected chi connectivity index (χ1v) is 9.58. The van der Waals surface area contributed by atoms with E-state index in [2.05, 4.69) is 19.6 Å². The lowest BCUT2D eigenvalue weighted by atomic mass is 9.94. The van der Waals surface area contributed by atoms with Crippen LogP contribution in [0.5, 0.6) is 0 Å². The fourth-order valence-corrected chi connectivity index (χ4v) is 4.69. The molecule has 24 heavy (non-hydrogen) atoms. The van der Waals surface area contributed by atoms with Gasteiger partial charge in [-0.15, -0.1) is 0 Å². The van der Waals surface area contributed by atoms with Gasteiger partial charge in [-0.3, -0.25) is 0 Å². The summed E-state index contributed by atoms with van der Waals surface area (Å²) in [4.78, 5) is 10.7. The van der Waals surface area contributed by atoms with Crippen LogP contribution in [0.1, 0.15) is 25.7 Å². The van der Waals surface area contributed by atoms with Crippen LogP contribution in [0.15, 0.2) is 18.6 Å². The molecule has 132 valence electrons. The van der Waals surface area contributed by atoms with Crippen molar-refractivity contribution in [1.29, 1.82) is 0 Å². The third-order valence-corrected chi connectivity index (χ3v) is 6.85. The maximum atomic E-state index is 11.9. The molecular formula is C15H23N5O3S. The van der Waals surface area contributed by atoms with Crippen LogP contribution < -0.4 is 9.62 Å². The zero-order valence-electron chi connectivity index (χ0n) is 13.9.